The van der Waals surface area contributed by atoms with Crippen LogP contribution in [-0.2, 0) is 9.53 Å². The van der Waals surface area contributed by atoms with Gasteiger partial charge in [0.1, 0.15) is 5.54 Å². The lowest BCUT2D eigenvalue weighted by atomic mass is 10.0. The summed E-state index contributed by atoms with van der Waals surface area (Å²) in [6, 6.07) is 0. The normalized spacial score (nSPS) is 15.3. The predicted octanol–water partition coefficient (Wildman–Crippen LogP) is 0.866. The molecule has 2 N–H and O–H groups in total. The lowest BCUT2D eigenvalue weighted by Gasteiger charge is -2.25. The van der Waals surface area contributed by atoms with Crippen LogP contribution in [0.1, 0.15) is 27.2 Å². The van der Waals surface area contributed by atoms with E-state index in [4.69, 9.17) is 9.84 Å². The summed E-state index contributed by atoms with van der Waals surface area (Å²) in [6.07, 6.45) is 0.912. The van der Waals surface area contributed by atoms with E-state index in [-0.39, 0.29) is 6.61 Å². The molecule has 0 aromatic rings. The van der Waals surface area contributed by atoms with E-state index in [1.54, 1.807) is 6.92 Å². The van der Waals surface area contributed by atoms with Gasteiger partial charge in [0.2, 0.25) is 0 Å². The number of carboxylic acid groups (broad SMARTS) is 1. The lowest BCUT2D eigenvalue weighted by Crippen LogP contribution is -2.53. The van der Waals surface area contributed by atoms with Crippen molar-refractivity contribution in [1.29, 1.82) is 0 Å². The van der Waals surface area contributed by atoms with Crippen molar-refractivity contribution in [3.63, 3.8) is 0 Å². The van der Waals surface area contributed by atoms with Crippen molar-refractivity contribution in [2.24, 2.45) is 0 Å². The summed E-state index contributed by atoms with van der Waals surface area (Å²) < 4.78 is 5.11. The monoisotopic (exact) mass is 189 g/mol. The number of rotatable bonds is 7. The molecule has 0 spiro atoms. The summed E-state index contributed by atoms with van der Waals surface area (Å²) in [4.78, 5) is 10.9. The van der Waals surface area contributed by atoms with Crippen LogP contribution in [0, 0.1) is 0 Å². The third-order valence-electron chi connectivity index (χ3n) is 1.83. The molecule has 0 saturated heterocycles. The Bertz CT molecular complexity index is 151. The van der Waals surface area contributed by atoms with E-state index >= 15 is 0 Å². The summed E-state index contributed by atoms with van der Waals surface area (Å²) in [7, 11) is 0. The second-order valence-corrected chi connectivity index (χ2v) is 3.20. The maximum Gasteiger partial charge on any atom is 0.326 e. The van der Waals surface area contributed by atoms with E-state index < -0.39 is 11.5 Å². The molecule has 0 saturated carbocycles. The molecule has 0 heterocycles. The standard InChI is InChI=1S/C9H19NO3/c1-4-6-10-9(3,8(11)12)7-13-5-2/h10H,4-7H2,1-3H3,(H,11,12). The van der Waals surface area contributed by atoms with E-state index in [2.05, 4.69) is 5.32 Å². The van der Waals surface area contributed by atoms with E-state index in [9.17, 15) is 4.79 Å². The number of aliphatic carboxylic acids is 1. The number of hydrogen-bond donors (Lipinski definition) is 2. The van der Waals surface area contributed by atoms with Crippen molar-refractivity contribution >= 4 is 5.97 Å². The Balaban J connectivity index is 4.08. The summed E-state index contributed by atoms with van der Waals surface area (Å²) >= 11 is 0. The third kappa shape index (κ3) is 4.24. The van der Waals surface area contributed by atoms with E-state index in [0.29, 0.717) is 13.2 Å². The smallest absolute Gasteiger partial charge is 0.326 e. The van der Waals surface area contributed by atoms with Crippen LogP contribution in [0.15, 0.2) is 0 Å². The first-order valence-electron chi connectivity index (χ1n) is 4.63. The molecule has 0 aromatic heterocycles. The number of nitrogens with one attached hydrogen (secondary N) is 1. The molecule has 0 bridgehead atoms. The molecule has 0 aliphatic carbocycles. The zero-order valence-corrected chi connectivity index (χ0v) is 8.59. The largest absolute Gasteiger partial charge is 0.480 e. The number of carbonyl (C=O) groups is 1. The average molecular weight is 189 g/mol. The van der Waals surface area contributed by atoms with Crippen LogP contribution < -0.4 is 5.32 Å². The van der Waals surface area contributed by atoms with Crippen LogP contribution in [0.2, 0.25) is 0 Å². The van der Waals surface area contributed by atoms with Crippen molar-refractivity contribution in [1.82, 2.24) is 5.32 Å². The lowest BCUT2D eigenvalue weighted by molar-refractivity contribution is -0.146. The molecule has 0 rings (SSSR count). The molecular weight excluding hydrogens is 170 g/mol. The minimum atomic E-state index is -0.952. The zero-order chi connectivity index (χ0) is 10.3. The first-order valence-corrected chi connectivity index (χ1v) is 4.63. The fourth-order valence-corrected chi connectivity index (χ4v) is 0.895. The van der Waals surface area contributed by atoms with Gasteiger partial charge in [-0.25, -0.2) is 0 Å². The molecule has 13 heavy (non-hydrogen) atoms. The van der Waals surface area contributed by atoms with E-state index in [0.717, 1.165) is 6.42 Å². The van der Waals surface area contributed by atoms with Gasteiger partial charge in [-0.05, 0) is 26.8 Å². The number of carboxylic acids is 1. The van der Waals surface area contributed by atoms with Gasteiger partial charge in [-0.15, -0.1) is 0 Å². The van der Waals surface area contributed by atoms with E-state index in [1.165, 1.54) is 0 Å². The van der Waals surface area contributed by atoms with Crippen molar-refractivity contribution < 1.29 is 14.6 Å². The van der Waals surface area contributed by atoms with Crippen LogP contribution in [-0.4, -0.2) is 36.4 Å². The second-order valence-electron chi connectivity index (χ2n) is 3.20. The third-order valence-corrected chi connectivity index (χ3v) is 1.83. The van der Waals surface area contributed by atoms with Gasteiger partial charge in [0.25, 0.3) is 0 Å². The highest BCUT2D eigenvalue weighted by Crippen LogP contribution is 2.04. The summed E-state index contributed by atoms with van der Waals surface area (Å²) in [5.74, 6) is -0.866. The van der Waals surface area contributed by atoms with Gasteiger partial charge in [-0.3, -0.25) is 4.79 Å². The fraction of sp³-hybridized carbons (Fsp3) is 0.889. The Morgan fingerprint density at radius 1 is 1.54 bits per heavy atom. The quantitative estimate of drug-likeness (QED) is 0.624. The Kier molecular flexibility index (Phi) is 5.66. The minimum Gasteiger partial charge on any atom is -0.480 e. The Morgan fingerprint density at radius 3 is 2.54 bits per heavy atom. The molecule has 4 heteroatoms. The predicted molar refractivity (Wildman–Crippen MR) is 50.8 cm³/mol. The fourth-order valence-electron chi connectivity index (χ4n) is 0.895. The van der Waals surface area contributed by atoms with Crippen molar-refractivity contribution in [2.75, 3.05) is 19.8 Å². The molecule has 0 fully saturated rings. The molecule has 0 aliphatic heterocycles. The van der Waals surface area contributed by atoms with Crippen molar-refractivity contribution in [3.05, 3.63) is 0 Å². The number of hydrogen-bond acceptors (Lipinski definition) is 3. The van der Waals surface area contributed by atoms with Crippen LogP contribution in [0.5, 0.6) is 0 Å². The minimum absolute atomic E-state index is 0.207. The average Bonchev–Trinajstić information content (AvgIpc) is 2.11. The molecule has 1 unspecified atom stereocenters. The van der Waals surface area contributed by atoms with Gasteiger partial charge < -0.3 is 15.2 Å². The SMILES string of the molecule is CCCNC(C)(COCC)C(=O)O. The topological polar surface area (TPSA) is 58.6 Å². The molecular formula is C9H19NO3. The van der Waals surface area contributed by atoms with Crippen LogP contribution >= 0.6 is 0 Å². The van der Waals surface area contributed by atoms with Gasteiger partial charge in [-0.2, -0.15) is 0 Å². The number of ether oxygens (including phenoxy) is 1. The Morgan fingerprint density at radius 2 is 2.15 bits per heavy atom. The van der Waals surface area contributed by atoms with Crippen molar-refractivity contribution in [2.45, 2.75) is 32.7 Å². The summed E-state index contributed by atoms with van der Waals surface area (Å²) in [6.45, 7) is 6.92. The van der Waals surface area contributed by atoms with Crippen molar-refractivity contribution in [3.8, 4) is 0 Å². The summed E-state index contributed by atoms with van der Waals surface area (Å²) in [5, 5.41) is 11.9. The molecule has 0 aromatic carbocycles. The van der Waals surface area contributed by atoms with Crippen LogP contribution in [0.3, 0.4) is 0 Å². The van der Waals surface area contributed by atoms with Gasteiger partial charge >= 0.3 is 5.97 Å². The van der Waals surface area contributed by atoms with Crippen LogP contribution in [0.4, 0.5) is 0 Å². The highest BCUT2D eigenvalue weighted by molar-refractivity contribution is 5.78. The van der Waals surface area contributed by atoms with Crippen LogP contribution in [0.25, 0.3) is 0 Å². The molecule has 0 radical (unpaired) electrons. The Hall–Kier alpha value is -0.610. The first-order chi connectivity index (χ1) is 6.06. The molecule has 4 nitrogen and oxygen atoms in total. The van der Waals surface area contributed by atoms with Gasteiger partial charge in [0, 0.05) is 6.61 Å². The highest BCUT2D eigenvalue weighted by Gasteiger charge is 2.32. The second kappa shape index (κ2) is 5.94. The maximum atomic E-state index is 10.9. The molecule has 0 aliphatic rings. The zero-order valence-electron chi connectivity index (χ0n) is 8.59. The summed E-state index contributed by atoms with van der Waals surface area (Å²) in [5.41, 5.74) is -0.952. The first kappa shape index (κ1) is 12.4. The Labute approximate surface area is 79.3 Å². The molecule has 1 atom stereocenters. The van der Waals surface area contributed by atoms with E-state index in [1.807, 2.05) is 13.8 Å². The molecule has 0 amide bonds. The van der Waals surface area contributed by atoms with Gasteiger partial charge in [0.05, 0.1) is 6.61 Å². The molecule has 78 valence electrons. The van der Waals surface area contributed by atoms with Gasteiger partial charge in [0.15, 0.2) is 0 Å². The highest BCUT2D eigenvalue weighted by atomic mass is 16.5. The maximum absolute atomic E-state index is 10.9. The van der Waals surface area contributed by atoms with Gasteiger partial charge in [-0.1, -0.05) is 6.92 Å².